The normalized spacial score (nSPS) is 13.5. The van der Waals surface area contributed by atoms with Crippen molar-refractivity contribution in [2.24, 2.45) is 0 Å². The maximum absolute atomic E-state index is 5.29. The van der Waals surface area contributed by atoms with Crippen LogP contribution in [0.25, 0.3) is 0 Å². The molecule has 0 amide bonds. The van der Waals surface area contributed by atoms with Crippen LogP contribution in [-0.4, -0.2) is 60.3 Å². The van der Waals surface area contributed by atoms with Gasteiger partial charge in [-0.25, -0.2) is 0 Å². The van der Waals surface area contributed by atoms with E-state index in [4.69, 9.17) is 26.6 Å². The highest BCUT2D eigenvalue weighted by Crippen LogP contribution is 2.15. The molecule has 0 fully saturated rings. The number of hydrogen-bond acceptors (Lipinski definition) is 6. The second-order valence-corrected chi connectivity index (χ2v) is 8.88. The first-order chi connectivity index (χ1) is 8.07. The molecule has 0 aliphatic carbocycles. The lowest BCUT2D eigenvalue weighted by molar-refractivity contribution is 0.127. The summed E-state index contributed by atoms with van der Waals surface area (Å²) in [6, 6.07) is 0.529. The molecule has 0 radical (unpaired) electrons. The minimum atomic E-state index is -2.68. The van der Waals surface area contributed by atoms with Gasteiger partial charge in [0, 0.05) is 48.7 Å². The molecular formula is C9H22O6Si2. The third-order valence-corrected chi connectivity index (χ3v) is 7.43. The predicted octanol–water partition coefficient (Wildman–Crippen LogP) is 0.838. The van der Waals surface area contributed by atoms with Crippen LogP contribution in [0.2, 0.25) is 6.04 Å². The molecule has 0 aliphatic rings. The van der Waals surface area contributed by atoms with Crippen LogP contribution in [0.5, 0.6) is 0 Å². The molecule has 17 heavy (non-hydrogen) atoms. The summed E-state index contributed by atoms with van der Waals surface area (Å²) in [5.74, 6) is 0. The van der Waals surface area contributed by atoms with Gasteiger partial charge in [-0.2, -0.15) is 0 Å². The van der Waals surface area contributed by atoms with E-state index in [1.165, 1.54) is 0 Å². The minimum absolute atomic E-state index is 0.529. The summed E-state index contributed by atoms with van der Waals surface area (Å²) in [4.78, 5) is 0. The third kappa shape index (κ3) is 4.60. The van der Waals surface area contributed by atoms with Gasteiger partial charge in [0.1, 0.15) is 0 Å². The summed E-state index contributed by atoms with van der Waals surface area (Å²) in [6.45, 7) is 0. The van der Waals surface area contributed by atoms with Crippen LogP contribution < -0.4 is 0 Å². The first-order valence-corrected chi connectivity index (χ1v) is 8.79. The van der Waals surface area contributed by atoms with Crippen molar-refractivity contribution < 1.29 is 26.6 Å². The highest BCUT2D eigenvalue weighted by atomic mass is 28.4. The summed E-state index contributed by atoms with van der Waals surface area (Å²) in [7, 11) is 4.10. The van der Waals surface area contributed by atoms with Crippen molar-refractivity contribution in [1.29, 1.82) is 0 Å². The van der Waals surface area contributed by atoms with E-state index >= 15 is 0 Å². The molecule has 0 aromatic heterocycles. The van der Waals surface area contributed by atoms with Crippen molar-refractivity contribution >= 4 is 17.6 Å². The predicted molar refractivity (Wildman–Crippen MR) is 67.5 cm³/mol. The van der Waals surface area contributed by atoms with Gasteiger partial charge in [0.25, 0.3) is 0 Å². The summed E-state index contributed by atoms with van der Waals surface area (Å²) in [5, 5.41) is 0. The largest absolute Gasteiger partial charge is 0.528 e. The summed E-state index contributed by atoms with van der Waals surface area (Å²) in [5.41, 5.74) is 1.78. The average molecular weight is 282 g/mol. The molecule has 0 aromatic carbocycles. The lowest BCUT2D eigenvalue weighted by Gasteiger charge is -2.24. The van der Waals surface area contributed by atoms with E-state index in [9.17, 15) is 0 Å². The van der Waals surface area contributed by atoms with E-state index in [1.54, 1.807) is 48.4 Å². The van der Waals surface area contributed by atoms with Crippen molar-refractivity contribution in [1.82, 2.24) is 0 Å². The Kier molecular flexibility index (Phi) is 8.08. The topological polar surface area (TPSA) is 55.4 Å². The molecule has 0 atom stereocenters. The van der Waals surface area contributed by atoms with Gasteiger partial charge in [0.05, 0.1) is 0 Å². The van der Waals surface area contributed by atoms with E-state index in [-0.39, 0.29) is 0 Å². The monoisotopic (exact) mass is 282 g/mol. The standard InChI is InChI=1S/C9H22O6Si2/c1-10-16(11-2,12-3)8-7-9-17(13-4,14-5)15-6/h7-8H,9H2,1-6H3/b8-7-. The zero-order valence-electron chi connectivity index (χ0n) is 11.3. The quantitative estimate of drug-likeness (QED) is 0.584. The van der Waals surface area contributed by atoms with Crippen molar-refractivity contribution in [3.05, 3.63) is 11.8 Å². The number of hydrogen-bond donors (Lipinski definition) is 0. The smallest absolute Gasteiger partial charge is 0.377 e. The van der Waals surface area contributed by atoms with E-state index in [0.29, 0.717) is 6.04 Å². The molecule has 0 aliphatic heterocycles. The molecule has 0 spiro atoms. The zero-order valence-corrected chi connectivity index (χ0v) is 13.3. The SMILES string of the molecule is CO[Si](/C=C\C[Si](OC)(OC)OC)(OC)OC. The lowest BCUT2D eigenvalue weighted by atomic mass is 10.8. The molecule has 0 saturated heterocycles. The second-order valence-electron chi connectivity index (χ2n) is 3.12. The van der Waals surface area contributed by atoms with Gasteiger partial charge in [0.2, 0.25) is 0 Å². The molecule has 0 saturated carbocycles. The summed E-state index contributed by atoms with van der Waals surface area (Å²) < 4.78 is 31.6. The Hall–Kier alpha value is -0.0662. The van der Waals surface area contributed by atoms with Crippen LogP contribution in [0.1, 0.15) is 0 Å². The van der Waals surface area contributed by atoms with Crippen LogP contribution in [0.4, 0.5) is 0 Å². The minimum Gasteiger partial charge on any atom is -0.377 e. The molecule has 0 aromatic rings. The second kappa shape index (κ2) is 8.11. The Labute approximate surface area is 105 Å². The van der Waals surface area contributed by atoms with E-state index in [0.717, 1.165) is 0 Å². The van der Waals surface area contributed by atoms with E-state index in [2.05, 4.69) is 0 Å². The Balaban J connectivity index is 4.61. The highest BCUT2D eigenvalue weighted by Gasteiger charge is 2.38. The van der Waals surface area contributed by atoms with Crippen LogP contribution in [0.15, 0.2) is 11.8 Å². The van der Waals surface area contributed by atoms with Crippen molar-refractivity contribution in [3.8, 4) is 0 Å². The van der Waals surface area contributed by atoms with Gasteiger partial charge in [-0.05, 0) is 5.70 Å². The number of allylic oxidation sites excluding steroid dienone is 1. The molecule has 0 heterocycles. The summed E-state index contributed by atoms with van der Waals surface area (Å²) >= 11 is 0. The first-order valence-electron chi connectivity index (χ1n) is 5.06. The molecular weight excluding hydrogens is 260 g/mol. The first kappa shape index (κ1) is 16.9. The van der Waals surface area contributed by atoms with Crippen molar-refractivity contribution in [2.75, 3.05) is 42.7 Å². The Morgan fingerprint density at radius 3 is 1.41 bits per heavy atom. The fourth-order valence-electron chi connectivity index (χ4n) is 1.30. The molecule has 6 nitrogen and oxygen atoms in total. The Morgan fingerprint density at radius 2 is 1.12 bits per heavy atom. The summed E-state index contributed by atoms with van der Waals surface area (Å²) in [6.07, 6.45) is 1.85. The Morgan fingerprint density at radius 1 is 0.706 bits per heavy atom. The van der Waals surface area contributed by atoms with Gasteiger partial charge in [-0.15, -0.1) is 0 Å². The molecule has 8 heteroatoms. The Bertz CT molecular complexity index is 211. The van der Waals surface area contributed by atoms with Crippen LogP contribution in [0, 0.1) is 0 Å². The van der Waals surface area contributed by atoms with Crippen LogP contribution in [0.3, 0.4) is 0 Å². The molecule has 0 unspecified atom stereocenters. The third-order valence-electron chi connectivity index (χ3n) is 2.48. The highest BCUT2D eigenvalue weighted by molar-refractivity contribution is 6.66. The van der Waals surface area contributed by atoms with Crippen molar-refractivity contribution in [3.63, 3.8) is 0 Å². The maximum Gasteiger partial charge on any atom is 0.528 e. The van der Waals surface area contributed by atoms with Crippen LogP contribution >= 0.6 is 0 Å². The molecule has 102 valence electrons. The van der Waals surface area contributed by atoms with Crippen molar-refractivity contribution in [2.45, 2.75) is 6.04 Å². The molecule has 0 bridgehead atoms. The van der Waals surface area contributed by atoms with Gasteiger partial charge in [-0.3, -0.25) is 0 Å². The maximum atomic E-state index is 5.29. The number of rotatable bonds is 9. The van der Waals surface area contributed by atoms with Gasteiger partial charge in [-0.1, -0.05) is 6.08 Å². The van der Waals surface area contributed by atoms with E-state index < -0.39 is 17.6 Å². The lowest BCUT2D eigenvalue weighted by Crippen LogP contribution is -2.43. The zero-order chi connectivity index (χ0) is 13.4. The van der Waals surface area contributed by atoms with Gasteiger partial charge < -0.3 is 26.6 Å². The average Bonchev–Trinajstić information content (AvgIpc) is 2.41. The van der Waals surface area contributed by atoms with E-state index in [1.807, 2.05) is 6.08 Å². The van der Waals surface area contributed by atoms with Gasteiger partial charge in [0.15, 0.2) is 0 Å². The fraction of sp³-hybridized carbons (Fsp3) is 0.778. The molecule has 0 rings (SSSR count). The molecule has 0 N–H and O–H groups in total. The fourth-order valence-corrected chi connectivity index (χ4v) is 4.26. The van der Waals surface area contributed by atoms with Crippen LogP contribution in [-0.2, 0) is 26.6 Å². The van der Waals surface area contributed by atoms with Gasteiger partial charge >= 0.3 is 17.6 Å².